The molecule has 3 N–H and O–H groups in total. The highest BCUT2D eigenvalue weighted by Crippen LogP contribution is 2.30. The number of carbonyl (C=O) groups is 1. The van der Waals surface area contributed by atoms with Gasteiger partial charge in [-0.1, -0.05) is 13.8 Å². The van der Waals surface area contributed by atoms with Crippen molar-refractivity contribution >= 4 is 11.6 Å². The molecule has 21 heavy (non-hydrogen) atoms. The number of hydrogen-bond donors (Lipinski definition) is 3. The maximum atomic E-state index is 11.8. The summed E-state index contributed by atoms with van der Waals surface area (Å²) in [5.74, 6) is -0.128. The summed E-state index contributed by atoms with van der Waals surface area (Å²) in [5.41, 5.74) is 1.69. The van der Waals surface area contributed by atoms with Crippen LogP contribution in [0.1, 0.15) is 44.1 Å². The van der Waals surface area contributed by atoms with Crippen molar-refractivity contribution in [2.24, 2.45) is 5.41 Å². The molecule has 1 amide bonds. The summed E-state index contributed by atoms with van der Waals surface area (Å²) in [4.78, 5) is 15.9. The Morgan fingerprint density at radius 3 is 3.05 bits per heavy atom. The molecule has 1 fully saturated rings. The maximum absolute atomic E-state index is 11.8. The zero-order chi connectivity index (χ0) is 15.3. The van der Waals surface area contributed by atoms with Crippen LogP contribution in [-0.4, -0.2) is 36.6 Å². The standard InChI is InChI=1S/C16H26N4O/c1-4-17-15(21)13-10-12(6-9-18-13)20-11-14-16(2,3)7-5-8-19-14/h6,9-10,14,19H,4-5,7-8,11H2,1-3H3,(H,17,21)(H,18,20). The quantitative estimate of drug-likeness (QED) is 0.776. The highest BCUT2D eigenvalue weighted by molar-refractivity contribution is 5.93. The molecule has 1 aliphatic rings. The fourth-order valence-electron chi connectivity index (χ4n) is 2.75. The number of aromatic nitrogens is 1. The van der Waals surface area contributed by atoms with Crippen LogP contribution in [0.25, 0.3) is 0 Å². The molecule has 0 aromatic carbocycles. The fraction of sp³-hybridized carbons (Fsp3) is 0.625. The summed E-state index contributed by atoms with van der Waals surface area (Å²) in [5, 5.41) is 9.77. The van der Waals surface area contributed by atoms with Crippen LogP contribution in [0.3, 0.4) is 0 Å². The summed E-state index contributed by atoms with van der Waals surface area (Å²) in [6.45, 7) is 9.05. The Balaban J connectivity index is 1.97. The molecule has 116 valence electrons. The van der Waals surface area contributed by atoms with E-state index in [1.54, 1.807) is 12.3 Å². The van der Waals surface area contributed by atoms with Gasteiger partial charge in [0.05, 0.1) is 0 Å². The van der Waals surface area contributed by atoms with Crippen LogP contribution in [0.4, 0.5) is 5.69 Å². The van der Waals surface area contributed by atoms with Crippen LogP contribution in [-0.2, 0) is 0 Å². The van der Waals surface area contributed by atoms with Crippen molar-refractivity contribution < 1.29 is 4.79 Å². The SMILES string of the molecule is CCNC(=O)c1cc(NCC2NCCCC2(C)C)ccn1. The lowest BCUT2D eigenvalue weighted by molar-refractivity contribution is 0.0951. The van der Waals surface area contributed by atoms with Crippen molar-refractivity contribution in [3.05, 3.63) is 24.0 Å². The molecule has 5 heteroatoms. The molecule has 2 rings (SSSR count). The van der Waals surface area contributed by atoms with Crippen LogP contribution in [0.5, 0.6) is 0 Å². The van der Waals surface area contributed by atoms with Crippen LogP contribution in [0.15, 0.2) is 18.3 Å². The Morgan fingerprint density at radius 1 is 1.52 bits per heavy atom. The van der Waals surface area contributed by atoms with Crippen LogP contribution in [0, 0.1) is 5.41 Å². The molecule has 1 atom stereocenters. The van der Waals surface area contributed by atoms with Gasteiger partial charge in [0, 0.05) is 31.0 Å². The number of pyridine rings is 1. The smallest absolute Gasteiger partial charge is 0.269 e. The number of hydrogen-bond acceptors (Lipinski definition) is 4. The molecule has 5 nitrogen and oxygen atoms in total. The zero-order valence-corrected chi connectivity index (χ0v) is 13.2. The van der Waals surface area contributed by atoms with E-state index in [-0.39, 0.29) is 5.91 Å². The number of nitrogens with zero attached hydrogens (tertiary/aromatic N) is 1. The molecule has 1 unspecified atom stereocenters. The zero-order valence-electron chi connectivity index (χ0n) is 13.2. The number of anilines is 1. The molecular weight excluding hydrogens is 264 g/mol. The predicted octanol–water partition coefficient (Wildman–Crippen LogP) is 2.02. The van der Waals surface area contributed by atoms with Crippen LogP contribution >= 0.6 is 0 Å². The lowest BCUT2D eigenvalue weighted by Crippen LogP contribution is -2.50. The Morgan fingerprint density at radius 2 is 2.33 bits per heavy atom. The first-order valence-electron chi connectivity index (χ1n) is 7.74. The van der Waals surface area contributed by atoms with Crippen molar-refractivity contribution in [1.29, 1.82) is 0 Å². The van der Waals surface area contributed by atoms with E-state index < -0.39 is 0 Å². The maximum Gasteiger partial charge on any atom is 0.269 e. The lowest BCUT2D eigenvalue weighted by atomic mass is 9.77. The third-order valence-corrected chi connectivity index (χ3v) is 4.17. The second-order valence-electron chi connectivity index (χ2n) is 6.27. The summed E-state index contributed by atoms with van der Waals surface area (Å²) < 4.78 is 0. The Hall–Kier alpha value is -1.62. The third-order valence-electron chi connectivity index (χ3n) is 4.17. The van der Waals surface area contributed by atoms with Crippen molar-refractivity contribution in [1.82, 2.24) is 15.6 Å². The molecule has 2 heterocycles. The van der Waals surface area contributed by atoms with Gasteiger partial charge in [-0.2, -0.15) is 0 Å². The van der Waals surface area contributed by atoms with Gasteiger partial charge in [-0.15, -0.1) is 0 Å². The number of amides is 1. The number of carbonyl (C=O) groups excluding carboxylic acids is 1. The van der Waals surface area contributed by atoms with E-state index in [4.69, 9.17) is 0 Å². The normalized spacial score (nSPS) is 20.8. The van der Waals surface area contributed by atoms with E-state index in [1.165, 1.54) is 12.8 Å². The molecule has 1 aliphatic heterocycles. The Bertz CT molecular complexity index is 487. The van der Waals surface area contributed by atoms with Gasteiger partial charge in [-0.05, 0) is 43.9 Å². The lowest BCUT2D eigenvalue weighted by Gasteiger charge is -2.39. The average molecular weight is 290 g/mol. The summed E-state index contributed by atoms with van der Waals surface area (Å²) in [7, 11) is 0. The minimum absolute atomic E-state index is 0.128. The average Bonchev–Trinajstić information content (AvgIpc) is 2.46. The van der Waals surface area contributed by atoms with Crippen molar-refractivity contribution in [2.75, 3.05) is 25.0 Å². The van der Waals surface area contributed by atoms with Gasteiger partial charge >= 0.3 is 0 Å². The van der Waals surface area contributed by atoms with E-state index in [0.29, 0.717) is 23.7 Å². The van der Waals surface area contributed by atoms with Gasteiger partial charge in [0.15, 0.2) is 0 Å². The van der Waals surface area contributed by atoms with E-state index >= 15 is 0 Å². The molecule has 0 spiro atoms. The fourth-order valence-corrected chi connectivity index (χ4v) is 2.75. The first-order valence-corrected chi connectivity index (χ1v) is 7.74. The van der Waals surface area contributed by atoms with E-state index in [1.807, 2.05) is 13.0 Å². The van der Waals surface area contributed by atoms with Gasteiger partial charge < -0.3 is 16.0 Å². The number of nitrogens with one attached hydrogen (secondary N) is 3. The summed E-state index contributed by atoms with van der Waals surface area (Å²) >= 11 is 0. The Labute approximate surface area is 126 Å². The van der Waals surface area contributed by atoms with Gasteiger partial charge in [0.2, 0.25) is 0 Å². The second-order valence-corrected chi connectivity index (χ2v) is 6.27. The predicted molar refractivity (Wildman–Crippen MR) is 85.5 cm³/mol. The molecule has 1 aromatic rings. The first-order chi connectivity index (χ1) is 10.0. The van der Waals surface area contributed by atoms with Gasteiger partial charge in [0.1, 0.15) is 5.69 Å². The monoisotopic (exact) mass is 290 g/mol. The van der Waals surface area contributed by atoms with Gasteiger partial charge in [0.25, 0.3) is 5.91 Å². The largest absolute Gasteiger partial charge is 0.383 e. The molecule has 1 saturated heterocycles. The highest BCUT2D eigenvalue weighted by atomic mass is 16.1. The first kappa shape index (κ1) is 15.8. The number of piperidine rings is 1. The summed E-state index contributed by atoms with van der Waals surface area (Å²) in [6.07, 6.45) is 4.15. The van der Waals surface area contributed by atoms with E-state index in [9.17, 15) is 4.79 Å². The third kappa shape index (κ3) is 4.17. The van der Waals surface area contributed by atoms with Crippen molar-refractivity contribution in [3.8, 4) is 0 Å². The molecule has 0 saturated carbocycles. The van der Waals surface area contributed by atoms with Crippen molar-refractivity contribution in [3.63, 3.8) is 0 Å². The topological polar surface area (TPSA) is 66.1 Å². The summed E-state index contributed by atoms with van der Waals surface area (Å²) in [6, 6.07) is 4.15. The molecule has 0 aliphatic carbocycles. The minimum atomic E-state index is -0.128. The molecule has 1 aromatic heterocycles. The molecule has 0 bridgehead atoms. The highest BCUT2D eigenvalue weighted by Gasteiger charge is 2.31. The van der Waals surface area contributed by atoms with Gasteiger partial charge in [-0.3, -0.25) is 9.78 Å². The van der Waals surface area contributed by atoms with Crippen molar-refractivity contribution in [2.45, 2.75) is 39.7 Å². The molecule has 0 radical (unpaired) electrons. The van der Waals surface area contributed by atoms with Crippen LogP contribution < -0.4 is 16.0 Å². The van der Waals surface area contributed by atoms with Crippen LogP contribution in [0.2, 0.25) is 0 Å². The van der Waals surface area contributed by atoms with Gasteiger partial charge in [-0.25, -0.2) is 0 Å². The Kier molecular flexibility index (Phi) is 5.17. The van der Waals surface area contributed by atoms with E-state index in [0.717, 1.165) is 18.8 Å². The second kappa shape index (κ2) is 6.89. The van der Waals surface area contributed by atoms with E-state index in [2.05, 4.69) is 34.8 Å². The number of rotatable bonds is 5. The minimum Gasteiger partial charge on any atom is -0.383 e. The molecular formula is C16H26N4O.